The first-order valence-corrected chi connectivity index (χ1v) is 9.06. The molecule has 3 rings (SSSR count). The summed E-state index contributed by atoms with van der Waals surface area (Å²) in [6.07, 6.45) is 0.976. The van der Waals surface area contributed by atoms with Crippen LogP contribution in [0.3, 0.4) is 0 Å². The normalized spacial score (nSPS) is 29.8. The summed E-state index contributed by atoms with van der Waals surface area (Å²) >= 11 is 1.83. The van der Waals surface area contributed by atoms with Gasteiger partial charge in [0.1, 0.15) is 6.04 Å². The number of thioether (sulfide) groups is 1. The quantitative estimate of drug-likeness (QED) is 0.908. The van der Waals surface area contributed by atoms with Gasteiger partial charge in [0.25, 0.3) is 0 Å². The Morgan fingerprint density at radius 1 is 1.39 bits per heavy atom. The topological polar surface area (TPSA) is 34.2 Å². The number of alkyl halides is 3. The van der Waals surface area contributed by atoms with Gasteiger partial charge < -0.3 is 10.1 Å². The third kappa shape index (κ3) is 4.39. The van der Waals surface area contributed by atoms with Gasteiger partial charge in [0.15, 0.2) is 0 Å². The number of ether oxygens (including phenoxy) is 1. The summed E-state index contributed by atoms with van der Waals surface area (Å²) in [7, 11) is 0. The van der Waals surface area contributed by atoms with E-state index in [2.05, 4.69) is 10.3 Å². The van der Waals surface area contributed by atoms with Crippen molar-refractivity contribution >= 4 is 11.8 Å². The number of hydrogen-bond donors (Lipinski definition) is 1. The zero-order valence-electron chi connectivity index (χ0n) is 12.8. The third-order valence-electron chi connectivity index (χ3n) is 4.58. The number of nitrogens with one attached hydrogen (secondary N) is 1. The molecule has 0 amide bonds. The summed E-state index contributed by atoms with van der Waals surface area (Å²) in [5.74, 6) is 1.93. The van der Waals surface area contributed by atoms with Crippen LogP contribution in [0.25, 0.3) is 0 Å². The first-order chi connectivity index (χ1) is 11.0. The van der Waals surface area contributed by atoms with Gasteiger partial charge in [0.2, 0.25) is 0 Å². The average Bonchev–Trinajstić information content (AvgIpc) is 2.94. The van der Waals surface area contributed by atoms with Gasteiger partial charge in [-0.15, -0.1) is 0 Å². The summed E-state index contributed by atoms with van der Waals surface area (Å²) in [6.45, 7) is 0.540. The van der Waals surface area contributed by atoms with Crippen LogP contribution in [0.5, 0.6) is 0 Å². The molecule has 1 aromatic heterocycles. The predicted octanol–water partition coefficient (Wildman–Crippen LogP) is 3.20. The maximum absolute atomic E-state index is 13.4. The van der Waals surface area contributed by atoms with Crippen LogP contribution < -0.4 is 5.32 Å². The molecule has 1 spiro atoms. The van der Waals surface area contributed by atoms with E-state index in [0.717, 1.165) is 17.9 Å². The largest absolute Gasteiger partial charge is 0.404 e. The van der Waals surface area contributed by atoms with E-state index in [9.17, 15) is 13.2 Å². The minimum atomic E-state index is -4.26. The molecule has 0 bridgehead atoms. The first-order valence-electron chi connectivity index (χ1n) is 7.90. The lowest BCUT2D eigenvalue weighted by Gasteiger charge is -2.39. The summed E-state index contributed by atoms with van der Waals surface area (Å²) < 4.78 is 46.1. The van der Waals surface area contributed by atoms with Crippen molar-refractivity contribution in [3.63, 3.8) is 0 Å². The number of hydrogen-bond acceptors (Lipinski definition) is 4. The molecule has 0 aromatic carbocycles. The molecule has 3 nitrogen and oxygen atoms in total. The molecular weight excluding hydrogens is 325 g/mol. The number of nitrogens with zero attached hydrogens (tertiary/aromatic N) is 1. The van der Waals surface area contributed by atoms with Crippen LogP contribution in [-0.2, 0) is 11.2 Å². The van der Waals surface area contributed by atoms with E-state index < -0.39 is 12.2 Å². The molecule has 23 heavy (non-hydrogen) atoms. The molecular formula is C16H21F3N2OS. The standard InChI is InChI=1S/C16H21F3N2OS/c17-16(18,19)14(9-12-1-5-20-6-2-12)21-13-3-7-22-15(10-13)4-8-23-11-15/h1-2,5-6,13-14,21H,3-4,7-11H2/t13-,14-,15+/m0/s1. The number of halogens is 3. The fourth-order valence-electron chi connectivity index (χ4n) is 3.34. The molecule has 0 unspecified atom stereocenters. The smallest absolute Gasteiger partial charge is 0.374 e. The molecule has 2 fully saturated rings. The van der Waals surface area contributed by atoms with E-state index >= 15 is 0 Å². The van der Waals surface area contributed by atoms with Crippen molar-refractivity contribution in [1.29, 1.82) is 0 Å². The van der Waals surface area contributed by atoms with Gasteiger partial charge >= 0.3 is 6.18 Å². The fourth-order valence-corrected chi connectivity index (χ4v) is 4.72. The van der Waals surface area contributed by atoms with E-state index in [-0.39, 0.29) is 18.1 Å². The van der Waals surface area contributed by atoms with E-state index in [1.165, 1.54) is 12.4 Å². The first kappa shape index (κ1) is 17.0. The zero-order valence-corrected chi connectivity index (χ0v) is 13.6. The third-order valence-corrected chi connectivity index (χ3v) is 5.80. The van der Waals surface area contributed by atoms with E-state index in [0.29, 0.717) is 25.0 Å². The number of pyridine rings is 1. The second-order valence-electron chi connectivity index (χ2n) is 6.34. The molecule has 0 saturated carbocycles. The zero-order chi connectivity index (χ0) is 16.3. The minimum Gasteiger partial charge on any atom is -0.374 e. The number of rotatable bonds is 4. The highest BCUT2D eigenvalue weighted by Crippen LogP contribution is 2.38. The Kier molecular flexibility index (Phi) is 5.18. The molecule has 1 N–H and O–H groups in total. The van der Waals surface area contributed by atoms with Gasteiger partial charge in [-0.05, 0) is 49.1 Å². The van der Waals surface area contributed by atoms with Crippen LogP contribution in [-0.4, -0.2) is 47.0 Å². The second kappa shape index (κ2) is 6.99. The van der Waals surface area contributed by atoms with E-state index in [4.69, 9.17) is 4.74 Å². The lowest BCUT2D eigenvalue weighted by atomic mass is 9.89. The molecule has 7 heteroatoms. The van der Waals surface area contributed by atoms with Gasteiger partial charge in [0, 0.05) is 30.8 Å². The molecule has 0 aliphatic carbocycles. The van der Waals surface area contributed by atoms with E-state index in [1.807, 2.05) is 11.8 Å². The molecule has 128 valence electrons. The highest BCUT2D eigenvalue weighted by Gasteiger charge is 2.45. The van der Waals surface area contributed by atoms with Crippen LogP contribution >= 0.6 is 11.8 Å². The van der Waals surface area contributed by atoms with Gasteiger partial charge in [0.05, 0.1) is 5.60 Å². The van der Waals surface area contributed by atoms with Crippen molar-refractivity contribution < 1.29 is 17.9 Å². The lowest BCUT2D eigenvalue weighted by molar-refractivity contribution is -0.162. The summed E-state index contributed by atoms with van der Waals surface area (Å²) in [4.78, 5) is 3.86. The fraction of sp³-hybridized carbons (Fsp3) is 0.688. The molecule has 2 aliphatic rings. The highest BCUT2D eigenvalue weighted by atomic mass is 32.2. The molecule has 3 heterocycles. The van der Waals surface area contributed by atoms with Crippen molar-refractivity contribution in [2.24, 2.45) is 0 Å². The SMILES string of the molecule is FC(F)(F)[C@H](Cc1ccncc1)N[C@H]1CCO[C@]2(CCSC2)C1. The maximum Gasteiger partial charge on any atom is 0.404 e. The van der Waals surface area contributed by atoms with Crippen molar-refractivity contribution in [3.05, 3.63) is 30.1 Å². The van der Waals surface area contributed by atoms with Gasteiger partial charge in [-0.2, -0.15) is 24.9 Å². The van der Waals surface area contributed by atoms with Gasteiger partial charge in [-0.3, -0.25) is 4.98 Å². The second-order valence-corrected chi connectivity index (χ2v) is 7.45. The average molecular weight is 346 g/mol. The Hall–Kier alpha value is -0.790. The van der Waals surface area contributed by atoms with Crippen LogP contribution in [0.2, 0.25) is 0 Å². The summed E-state index contributed by atoms with van der Waals surface area (Å²) in [5.41, 5.74) is 0.431. The van der Waals surface area contributed by atoms with Crippen molar-refractivity contribution in [2.75, 3.05) is 18.1 Å². The van der Waals surface area contributed by atoms with Crippen LogP contribution in [0, 0.1) is 0 Å². The number of aromatic nitrogens is 1. The van der Waals surface area contributed by atoms with Gasteiger partial charge in [-0.25, -0.2) is 0 Å². The molecule has 1 aromatic rings. The monoisotopic (exact) mass is 346 g/mol. The minimum absolute atomic E-state index is 0.0644. The Labute approximate surface area is 138 Å². The van der Waals surface area contributed by atoms with Crippen molar-refractivity contribution in [3.8, 4) is 0 Å². The Balaban J connectivity index is 1.66. The van der Waals surface area contributed by atoms with E-state index in [1.54, 1.807) is 12.1 Å². The van der Waals surface area contributed by atoms with Crippen molar-refractivity contribution in [1.82, 2.24) is 10.3 Å². The summed E-state index contributed by atoms with van der Waals surface area (Å²) in [6, 6.07) is 1.61. The van der Waals surface area contributed by atoms with Crippen LogP contribution in [0.4, 0.5) is 13.2 Å². The Morgan fingerprint density at radius 3 is 2.83 bits per heavy atom. The molecule has 2 saturated heterocycles. The molecule has 0 radical (unpaired) electrons. The van der Waals surface area contributed by atoms with Gasteiger partial charge in [-0.1, -0.05) is 0 Å². The Morgan fingerprint density at radius 2 is 2.17 bits per heavy atom. The predicted molar refractivity (Wildman–Crippen MR) is 84.6 cm³/mol. The molecule has 2 aliphatic heterocycles. The summed E-state index contributed by atoms with van der Waals surface area (Å²) in [5, 5.41) is 2.86. The van der Waals surface area contributed by atoms with Crippen molar-refractivity contribution in [2.45, 2.75) is 49.5 Å². The maximum atomic E-state index is 13.4. The Bertz CT molecular complexity index is 506. The lowest BCUT2D eigenvalue weighted by Crippen LogP contribution is -2.54. The van der Waals surface area contributed by atoms with Crippen LogP contribution in [0.1, 0.15) is 24.8 Å². The molecule has 3 atom stereocenters. The van der Waals surface area contributed by atoms with Crippen LogP contribution in [0.15, 0.2) is 24.5 Å². The highest BCUT2D eigenvalue weighted by molar-refractivity contribution is 7.99.